The number of hydrogen-bond acceptors (Lipinski definition) is 5. The van der Waals surface area contributed by atoms with Crippen LogP contribution in [0.4, 0.5) is 0 Å². The van der Waals surface area contributed by atoms with Gasteiger partial charge < -0.3 is 20.2 Å². The second-order valence-corrected chi connectivity index (χ2v) is 4.12. The number of hydrogen-bond donors (Lipinski definition) is 3. The van der Waals surface area contributed by atoms with E-state index >= 15 is 0 Å². The first-order valence-corrected chi connectivity index (χ1v) is 5.91. The number of aromatic hydroxyl groups is 1. The summed E-state index contributed by atoms with van der Waals surface area (Å²) in [4.78, 5) is 0. The number of rotatable bonds is 6. The van der Waals surface area contributed by atoms with Crippen molar-refractivity contribution in [1.29, 1.82) is 0 Å². The Labute approximate surface area is 106 Å². The fraction of sp³-hybridized carbons (Fsp3) is 0.462. The average Bonchev–Trinajstić information content (AvgIpc) is 2.36. The molecule has 1 rings (SSSR count). The summed E-state index contributed by atoms with van der Waals surface area (Å²) in [7, 11) is 0. The minimum atomic E-state index is -0.502. The Morgan fingerprint density at radius 1 is 1.44 bits per heavy atom. The van der Waals surface area contributed by atoms with Crippen LogP contribution in [0.2, 0.25) is 0 Å². The largest absolute Gasteiger partial charge is 0.507 e. The second-order valence-electron chi connectivity index (χ2n) is 4.12. The lowest BCUT2D eigenvalue weighted by Crippen LogP contribution is -2.16. The highest BCUT2D eigenvalue weighted by Gasteiger charge is 2.08. The summed E-state index contributed by atoms with van der Waals surface area (Å²) >= 11 is 0. The fourth-order valence-electron chi connectivity index (χ4n) is 1.57. The molecule has 1 unspecified atom stereocenters. The number of benzene rings is 1. The maximum absolute atomic E-state index is 9.73. The van der Waals surface area contributed by atoms with Gasteiger partial charge in [-0.05, 0) is 25.5 Å². The SMILES string of the molecule is CCCC(O)COc1ccc(/C(C)=N/O)c(O)c1. The summed E-state index contributed by atoms with van der Waals surface area (Å²) in [6.45, 7) is 3.77. The molecule has 1 aromatic carbocycles. The molecule has 5 heteroatoms. The van der Waals surface area contributed by atoms with Gasteiger partial charge in [-0.2, -0.15) is 0 Å². The highest BCUT2D eigenvalue weighted by Crippen LogP contribution is 2.24. The van der Waals surface area contributed by atoms with Gasteiger partial charge in [0, 0.05) is 11.6 Å². The van der Waals surface area contributed by atoms with Gasteiger partial charge in [0.25, 0.3) is 0 Å². The van der Waals surface area contributed by atoms with Crippen LogP contribution in [-0.2, 0) is 0 Å². The van der Waals surface area contributed by atoms with Crippen molar-refractivity contribution in [3.63, 3.8) is 0 Å². The van der Waals surface area contributed by atoms with Crippen LogP contribution >= 0.6 is 0 Å². The molecular formula is C13H19NO4. The monoisotopic (exact) mass is 253 g/mol. The molecule has 0 radical (unpaired) electrons. The second kappa shape index (κ2) is 6.86. The first-order chi connectivity index (χ1) is 8.58. The van der Waals surface area contributed by atoms with E-state index < -0.39 is 6.10 Å². The number of aliphatic hydroxyl groups excluding tert-OH is 1. The molecule has 0 amide bonds. The Bertz CT molecular complexity index is 417. The van der Waals surface area contributed by atoms with Crippen LogP contribution in [0.3, 0.4) is 0 Å². The van der Waals surface area contributed by atoms with Gasteiger partial charge in [0.2, 0.25) is 0 Å². The number of phenolic OH excluding ortho intramolecular Hbond substituents is 1. The van der Waals surface area contributed by atoms with Crippen LogP contribution in [0.25, 0.3) is 0 Å². The molecule has 18 heavy (non-hydrogen) atoms. The third kappa shape index (κ3) is 3.92. The van der Waals surface area contributed by atoms with Crippen molar-refractivity contribution in [3.05, 3.63) is 23.8 Å². The van der Waals surface area contributed by atoms with Crippen molar-refractivity contribution < 1.29 is 20.2 Å². The van der Waals surface area contributed by atoms with Gasteiger partial charge in [-0.15, -0.1) is 0 Å². The third-order valence-electron chi connectivity index (χ3n) is 2.57. The highest BCUT2D eigenvalue weighted by molar-refractivity contribution is 6.00. The maximum Gasteiger partial charge on any atom is 0.128 e. The zero-order valence-corrected chi connectivity index (χ0v) is 10.6. The van der Waals surface area contributed by atoms with Crippen molar-refractivity contribution in [1.82, 2.24) is 0 Å². The Kier molecular flexibility index (Phi) is 5.45. The molecule has 3 N–H and O–H groups in total. The summed E-state index contributed by atoms with van der Waals surface area (Å²) in [5.41, 5.74) is 0.768. The maximum atomic E-state index is 9.73. The minimum Gasteiger partial charge on any atom is -0.507 e. The predicted molar refractivity (Wildman–Crippen MR) is 68.5 cm³/mol. The van der Waals surface area contributed by atoms with Crippen molar-refractivity contribution in [2.45, 2.75) is 32.8 Å². The summed E-state index contributed by atoms with van der Waals surface area (Å²) in [5, 5.41) is 30.9. The first-order valence-electron chi connectivity index (χ1n) is 5.91. The lowest BCUT2D eigenvalue weighted by molar-refractivity contribution is 0.0992. The zero-order valence-electron chi connectivity index (χ0n) is 10.6. The van der Waals surface area contributed by atoms with Crippen LogP contribution in [-0.4, -0.2) is 33.8 Å². The Morgan fingerprint density at radius 3 is 2.72 bits per heavy atom. The average molecular weight is 253 g/mol. The van der Waals surface area contributed by atoms with E-state index in [1.54, 1.807) is 19.1 Å². The van der Waals surface area contributed by atoms with Crippen molar-refractivity contribution in [2.75, 3.05) is 6.61 Å². The van der Waals surface area contributed by atoms with E-state index in [4.69, 9.17) is 9.94 Å². The Hall–Kier alpha value is -1.75. The molecule has 0 spiro atoms. The topological polar surface area (TPSA) is 82.3 Å². The summed E-state index contributed by atoms with van der Waals surface area (Å²) < 4.78 is 5.36. The standard InChI is InChI=1S/C13H19NO4/c1-3-4-10(15)8-18-11-5-6-12(9(2)14-17)13(16)7-11/h5-7,10,15-17H,3-4,8H2,1-2H3/b14-9+. The van der Waals surface area contributed by atoms with Gasteiger partial charge in [0.15, 0.2) is 0 Å². The summed E-state index contributed by atoms with van der Waals surface area (Å²) in [5.74, 6) is 0.449. The van der Waals surface area contributed by atoms with Crippen molar-refractivity contribution >= 4 is 5.71 Å². The molecule has 0 heterocycles. The van der Waals surface area contributed by atoms with Gasteiger partial charge >= 0.3 is 0 Å². The van der Waals surface area contributed by atoms with Gasteiger partial charge in [0.05, 0.1) is 11.8 Å². The molecule has 0 bridgehead atoms. The van der Waals surface area contributed by atoms with E-state index in [0.717, 1.165) is 6.42 Å². The van der Waals surface area contributed by atoms with Gasteiger partial charge in [-0.3, -0.25) is 0 Å². The molecular weight excluding hydrogens is 234 g/mol. The van der Waals surface area contributed by atoms with E-state index in [9.17, 15) is 10.2 Å². The van der Waals surface area contributed by atoms with Crippen molar-refractivity contribution in [2.24, 2.45) is 5.16 Å². The van der Waals surface area contributed by atoms with Crippen LogP contribution in [0.15, 0.2) is 23.4 Å². The van der Waals surface area contributed by atoms with Gasteiger partial charge in [-0.25, -0.2) is 0 Å². The number of ether oxygens (including phenoxy) is 1. The molecule has 0 aromatic heterocycles. The third-order valence-corrected chi connectivity index (χ3v) is 2.57. The normalized spacial score (nSPS) is 13.4. The number of nitrogens with zero attached hydrogens (tertiary/aromatic N) is 1. The van der Waals surface area contributed by atoms with E-state index in [1.807, 2.05) is 6.92 Å². The number of phenols is 1. The van der Waals surface area contributed by atoms with Crippen molar-refractivity contribution in [3.8, 4) is 11.5 Å². The Morgan fingerprint density at radius 2 is 2.17 bits per heavy atom. The van der Waals surface area contributed by atoms with E-state index in [2.05, 4.69) is 5.16 Å². The fourth-order valence-corrected chi connectivity index (χ4v) is 1.57. The molecule has 1 aromatic rings. The molecule has 0 aliphatic carbocycles. The molecule has 5 nitrogen and oxygen atoms in total. The lowest BCUT2D eigenvalue weighted by Gasteiger charge is -2.12. The van der Waals surface area contributed by atoms with Gasteiger partial charge in [0.1, 0.15) is 18.1 Å². The highest BCUT2D eigenvalue weighted by atomic mass is 16.5. The minimum absolute atomic E-state index is 0.0206. The van der Waals surface area contributed by atoms with Gasteiger partial charge in [-0.1, -0.05) is 18.5 Å². The first kappa shape index (κ1) is 14.3. The van der Waals surface area contributed by atoms with Crippen LogP contribution < -0.4 is 4.74 Å². The van der Waals surface area contributed by atoms with Crippen LogP contribution in [0.1, 0.15) is 32.3 Å². The molecule has 1 atom stereocenters. The smallest absolute Gasteiger partial charge is 0.128 e. The molecule has 0 aliphatic heterocycles. The summed E-state index contributed by atoms with van der Waals surface area (Å²) in [6, 6.07) is 4.69. The van der Waals surface area contributed by atoms with Crippen LogP contribution in [0, 0.1) is 0 Å². The molecule has 0 aliphatic rings. The number of oxime groups is 1. The molecule has 0 saturated heterocycles. The van der Waals surface area contributed by atoms with E-state index in [1.165, 1.54) is 6.07 Å². The van der Waals surface area contributed by atoms with E-state index in [-0.39, 0.29) is 12.4 Å². The Balaban J connectivity index is 2.67. The summed E-state index contributed by atoms with van der Waals surface area (Å²) in [6.07, 6.45) is 1.07. The number of aliphatic hydroxyl groups is 1. The predicted octanol–water partition coefficient (Wildman–Crippen LogP) is 2.13. The van der Waals surface area contributed by atoms with Crippen LogP contribution in [0.5, 0.6) is 11.5 Å². The molecule has 0 saturated carbocycles. The lowest BCUT2D eigenvalue weighted by atomic mass is 10.1. The zero-order chi connectivity index (χ0) is 13.5. The van der Waals surface area contributed by atoms with E-state index in [0.29, 0.717) is 23.4 Å². The quantitative estimate of drug-likeness (QED) is 0.412. The molecule has 0 fully saturated rings. The molecule has 100 valence electrons.